The fourth-order valence-electron chi connectivity index (χ4n) is 1.97. The highest BCUT2D eigenvalue weighted by Crippen LogP contribution is 2.32. The molecule has 0 bridgehead atoms. The first-order valence-electron chi connectivity index (χ1n) is 6.59. The Morgan fingerprint density at radius 2 is 2.20 bits per heavy atom. The normalized spacial score (nSPS) is 14.3. The lowest BCUT2D eigenvalue weighted by Crippen LogP contribution is -2.04. The standard InChI is InChI=1S/C15H14ClFN2O/c16-12-3-1-2-11(6-12)9-20-15-18-8-13(17)14(19-15)7-10-4-5-10/h1-3,6,8,10H,4-5,7,9H2. The van der Waals surface area contributed by atoms with Gasteiger partial charge >= 0.3 is 6.01 Å². The van der Waals surface area contributed by atoms with Crippen molar-refractivity contribution in [2.24, 2.45) is 5.92 Å². The fraction of sp³-hybridized carbons (Fsp3) is 0.333. The zero-order valence-electron chi connectivity index (χ0n) is 10.9. The third-order valence-electron chi connectivity index (χ3n) is 3.23. The van der Waals surface area contributed by atoms with Crippen molar-refractivity contribution in [3.8, 4) is 6.01 Å². The van der Waals surface area contributed by atoms with E-state index in [1.165, 1.54) is 6.20 Å². The van der Waals surface area contributed by atoms with Crippen LogP contribution in [-0.2, 0) is 13.0 Å². The van der Waals surface area contributed by atoms with Gasteiger partial charge in [-0.15, -0.1) is 0 Å². The van der Waals surface area contributed by atoms with Crippen molar-refractivity contribution in [2.75, 3.05) is 0 Å². The van der Waals surface area contributed by atoms with Gasteiger partial charge in [-0.05, 0) is 42.9 Å². The van der Waals surface area contributed by atoms with Gasteiger partial charge in [0.15, 0.2) is 5.82 Å². The molecule has 1 aliphatic rings. The second-order valence-electron chi connectivity index (χ2n) is 5.01. The third kappa shape index (κ3) is 3.45. The van der Waals surface area contributed by atoms with Crippen LogP contribution in [0.3, 0.4) is 0 Å². The molecule has 0 spiro atoms. The van der Waals surface area contributed by atoms with Gasteiger partial charge in [0.2, 0.25) is 0 Å². The second-order valence-corrected chi connectivity index (χ2v) is 5.45. The molecule has 1 aromatic heterocycles. The predicted octanol–water partition coefficient (Wildman–Crippen LogP) is 3.80. The van der Waals surface area contributed by atoms with Crippen LogP contribution in [-0.4, -0.2) is 9.97 Å². The maximum atomic E-state index is 13.6. The van der Waals surface area contributed by atoms with E-state index in [0.29, 0.717) is 29.7 Å². The van der Waals surface area contributed by atoms with Crippen molar-refractivity contribution in [3.05, 3.63) is 52.6 Å². The predicted molar refractivity (Wildman–Crippen MR) is 74.2 cm³/mol. The largest absolute Gasteiger partial charge is 0.459 e. The second kappa shape index (κ2) is 5.75. The minimum Gasteiger partial charge on any atom is -0.459 e. The Kier molecular flexibility index (Phi) is 3.83. The Balaban J connectivity index is 1.67. The lowest BCUT2D eigenvalue weighted by molar-refractivity contribution is 0.277. The van der Waals surface area contributed by atoms with E-state index in [9.17, 15) is 4.39 Å². The molecular formula is C15H14ClFN2O. The SMILES string of the molecule is Fc1cnc(OCc2cccc(Cl)c2)nc1CC1CC1. The molecule has 1 heterocycles. The average molecular weight is 293 g/mol. The van der Waals surface area contributed by atoms with Gasteiger partial charge in [-0.3, -0.25) is 0 Å². The van der Waals surface area contributed by atoms with Gasteiger partial charge in [-0.1, -0.05) is 23.7 Å². The van der Waals surface area contributed by atoms with Crippen LogP contribution in [0.1, 0.15) is 24.1 Å². The Morgan fingerprint density at radius 1 is 1.35 bits per heavy atom. The highest BCUT2D eigenvalue weighted by molar-refractivity contribution is 6.30. The van der Waals surface area contributed by atoms with E-state index < -0.39 is 0 Å². The molecule has 1 aliphatic carbocycles. The summed E-state index contributed by atoms with van der Waals surface area (Å²) in [4.78, 5) is 8.01. The molecule has 3 nitrogen and oxygen atoms in total. The van der Waals surface area contributed by atoms with E-state index in [2.05, 4.69) is 9.97 Å². The number of nitrogens with zero attached hydrogens (tertiary/aromatic N) is 2. The van der Waals surface area contributed by atoms with Crippen molar-refractivity contribution in [3.63, 3.8) is 0 Å². The van der Waals surface area contributed by atoms with Gasteiger partial charge in [0, 0.05) is 5.02 Å². The Labute approximate surface area is 121 Å². The maximum absolute atomic E-state index is 13.6. The minimum absolute atomic E-state index is 0.210. The quantitative estimate of drug-likeness (QED) is 0.841. The van der Waals surface area contributed by atoms with Gasteiger partial charge in [0.25, 0.3) is 0 Å². The van der Waals surface area contributed by atoms with Crippen LogP contribution >= 0.6 is 11.6 Å². The van der Waals surface area contributed by atoms with Gasteiger partial charge < -0.3 is 4.74 Å². The summed E-state index contributed by atoms with van der Waals surface area (Å²) in [6.45, 7) is 0.315. The number of benzene rings is 1. The first-order chi connectivity index (χ1) is 9.70. The molecular weight excluding hydrogens is 279 g/mol. The molecule has 20 heavy (non-hydrogen) atoms. The summed E-state index contributed by atoms with van der Waals surface area (Å²) in [5.41, 5.74) is 1.37. The van der Waals surface area contributed by atoms with Crippen molar-refractivity contribution >= 4 is 11.6 Å². The van der Waals surface area contributed by atoms with E-state index in [-0.39, 0.29) is 11.8 Å². The van der Waals surface area contributed by atoms with Gasteiger partial charge in [0.05, 0.1) is 11.9 Å². The smallest absolute Gasteiger partial charge is 0.317 e. The summed E-state index contributed by atoms with van der Waals surface area (Å²) in [7, 11) is 0. The summed E-state index contributed by atoms with van der Waals surface area (Å²) in [5, 5.41) is 0.653. The molecule has 1 aromatic carbocycles. The van der Waals surface area contributed by atoms with Crippen molar-refractivity contribution in [1.29, 1.82) is 0 Å². The van der Waals surface area contributed by atoms with Crippen LogP contribution < -0.4 is 4.74 Å². The van der Waals surface area contributed by atoms with E-state index in [1.54, 1.807) is 6.07 Å². The first kappa shape index (κ1) is 13.3. The van der Waals surface area contributed by atoms with Crippen molar-refractivity contribution in [1.82, 2.24) is 9.97 Å². The topological polar surface area (TPSA) is 35.0 Å². The summed E-state index contributed by atoms with van der Waals surface area (Å²) in [6.07, 6.45) is 4.16. The molecule has 0 N–H and O–H groups in total. The van der Waals surface area contributed by atoms with Crippen LogP contribution in [0.5, 0.6) is 6.01 Å². The van der Waals surface area contributed by atoms with Crippen LogP contribution in [0.2, 0.25) is 5.02 Å². The zero-order chi connectivity index (χ0) is 13.9. The number of hydrogen-bond donors (Lipinski definition) is 0. The number of halogens is 2. The van der Waals surface area contributed by atoms with E-state index in [1.807, 2.05) is 18.2 Å². The van der Waals surface area contributed by atoms with E-state index in [0.717, 1.165) is 18.4 Å². The van der Waals surface area contributed by atoms with Gasteiger partial charge in [-0.25, -0.2) is 9.37 Å². The summed E-state index contributed by atoms with van der Waals surface area (Å²) in [6, 6.07) is 7.58. The van der Waals surface area contributed by atoms with Crippen LogP contribution in [0, 0.1) is 11.7 Å². The zero-order valence-corrected chi connectivity index (χ0v) is 11.6. The molecule has 0 atom stereocenters. The lowest BCUT2D eigenvalue weighted by atomic mass is 10.2. The molecule has 3 rings (SSSR count). The van der Waals surface area contributed by atoms with Crippen molar-refractivity contribution < 1.29 is 9.13 Å². The molecule has 2 aromatic rings. The third-order valence-corrected chi connectivity index (χ3v) is 3.47. The molecule has 0 amide bonds. The highest BCUT2D eigenvalue weighted by atomic mass is 35.5. The van der Waals surface area contributed by atoms with Crippen LogP contribution in [0.15, 0.2) is 30.5 Å². The molecule has 1 saturated carbocycles. The highest BCUT2D eigenvalue weighted by Gasteiger charge is 2.24. The van der Waals surface area contributed by atoms with Crippen molar-refractivity contribution in [2.45, 2.75) is 25.9 Å². The van der Waals surface area contributed by atoms with Crippen LogP contribution in [0.25, 0.3) is 0 Å². The number of hydrogen-bond acceptors (Lipinski definition) is 3. The molecule has 0 aliphatic heterocycles. The first-order valence-corrected chi connectivity index (χ1v) is 6.97. The Morgan fingerprint density at radius 3 is 2.95 bits per heavy atom. The van der Waals surface area contributed by atoms with Gasteiger partial charge in [0.1, 0.15) is 6.61 Å². The lowest BCUT2D eigenvalue weighted by Gasteiger charge is -2.07. The average Bonchev–Trinajstić information content (AvgIpc) is 3.24. The molecule has 104 valence electrons. The number of rotatable bonds is 5. The molecule has 0 radical (unpaired) electrons. The maximum Gasteiger partial charge on any atom is 0.317 e. The number of ether oxygens (including phenoxy) is 1. The molecule has 1 fully saturated rings. The Hall–Kier alpha value is -1.68. The molecule has 0 unspecified atom stereocenters. The van der Waals surface area contributed by atoms with E-state index in [4.69, 9.17) is 16.3 Å². The van der Waals surface area contributed by atoms with Crippen LogP contribution in [0.4, 0.5) is 4.39 Å². The molecule has 5 heteroatoms. The minimum atomic E-state index is -0.355. The monoisotopic (exact) mass is 292 g/mol. The Bertz CT molecular complexity index is 617. The summed E-state index contributed by atoms with van der Waals surface area (Å²) < 4.78 is 19.1. The van der Waals surface area contributed by atoms with Gasteiger partial charge in [-0.2, -0.15) is 4.98 Å². The summed E-state index contributed by atoms with van der Waals surface area (Å²) in [5.74, 6) is 0.215. The molecule has 0 saturated heterocycles. The fourth-order valence-corrected chi connectivity index (χ4v) is 2.18. The van der Waals surface area contributed by atoms with E-state index >= 15 is 0 Å². The number of aromatic nitrogens is 2. The summed E-state index contributed by atoms with van der Waals surface area (Å²) >= 11 is 5.90.